The SMILES string of the molecule is Oc1c2c(c(O)n1-c1cccc(C(F)(F)F)c1)[C@@H]1C[C@H]2C=C1c1ccccc1. The van der Waals surface area contributed by atoms with Gasteiger partial charge < -0.3 is 10.2 Å². The van der Waals surface area contributed by atoms with Gasteiger partial charge in [-0.3, -0.25) is 4.57 Å². The molecule has 0 amide bonds. The Labute approximate surface area is 159 Å². The number of rotatable bonds is 2. The second-order valence-corrected chi connectivity index (χ2v) is 7.24. The molecule has 0 unspecified atom stereocenters. The number of hydrogen-bond acceptors (Lipinski definition) is 2. The molecule has 6 heteroatoms. The van der Waals surface area contributed by atoms with Gasteiger partial charge in [0, 0.05) is 23.0 Å². The van der Waals surface area contributed by atoms with Gasteiger partial charge in [0.05, 0.1) is 11.3 Å². The molecule has 2 N–H and O–H groups in total. The van der Waals surface area contributed by atoms with Crippen molar-refractivity contribution in [1.29, 1.82) is 0 Å². The molecule has 0 aliphatic heterocycles. The predicted octanol–water partition coefficient (Wildman–Crippen LogP) is 5.58. The first-order chi connectivity index (χ1) is 13.4. The van der Waals surface area contributed by atoms with E-state index >= 15 is 0 Å². The van der Waals surface area contributed by atoms with E-state index in [0.717, 1.165) is 34.3 Å². The topological polar surface area (TPSA) is 45.4 Å². The Hall–Kier alpha value is -3.15. The van der Waals surface area contributed by atoms with Crippen LogP contribution in [0.5, 0.6) is 11.8 Å². The highest BCUT2D eigenvalue weighted by molar-refractivity contribution is 5.81. The molecule has 0 fully saturated rings. The lowest BCUT2D eigenvalue weighted by molar-refractivity contribution is -0.137. The predicted molar refractivity (Wildman–Crippen MR) is 98.6 cm³/mol. The van der Waals surface area contributed by atoms with Crippen LogP contribution in [0.25, 0.3) is 11.3 Å². The molecule has 142 valence electrons. The van der Waals surface area contributed by atoms with Crippen molar-refractivity contribution in [2.24, 2.45) is 0 Å². The highest BCUT2D eigenvalue weighted by Crippen LogP contribution is 2.61. The Morgan fingerprint density at radius 2 is 1.61 bits per heavy atom. The number of fused-ring (bicyclic) bond motifs is 5. The van der Waals surface area contributed by atoms with Crippen LogP contribution in [-0.2, 0) is 6.18 Å². The first kappa shape index (κ1) is 17.0. The van der Waals surface area contributed by atoms with Crippen LogP contribution < -0.4 is 0 Å². The monoisotopic (exact) mass is 383 g/mol. The largest absolute Gasteiger partial charge is 0.494 e. The lowest BCUT2D eigenvalue weighted by atomic mass is 9.89. The van der Waals surface area contributed by atoms with Gasteiger partial charge in [-0.25, -0.2) is 0 Å². The van der Waals surface area contributed by atoms with Gasteiger partial charge in [-0.15, -0.1) is 0 Å². The summed E-state index contributed by atoms with van der Waals surface area (Å²) in [6.45, 7) is 0. The van der Waals surface area contributed by atoms with E-state index in [2.05, 4.69) is 6.08 Å². The summed E-state index contributed by atoms with van der Waals surface area (Å²) in [5.41, 5.74) is 2.60. The Morgan fingerprint density at radius 1 is 0.893 bits per heavy atom. The van der Waals surface area contributed by atoms with Crippen LogP contribution in [0.2, 0.25) is 0 Å². The molecule has 2 aliphatic rings. The van der Waals surface area contributed by atoms with Crippen LogP contribution in [-0.4, -0.2) is 14.8 Å². The summed E-state index contributed by atoms with van der Waals surface area (Å²) >= 11 is 0. The van der Waals surface area contributed by atoms with Crippen LogP contribution in [0.4, 0.5) is 13.2 Å². The van der Waals surface area contributed by atoms with Gasteiger partial charge in [0.25, 0.3) is 0 Å². The molecule has 28 heavy (non-hydrogen) atoms. The molecule has 2 atom stereocenters. The Morgan fingerprint density at radius 3 is 2.32 bits per heavy atom. The molecule has 0 radical (unpaired) electrons. The van der Waals surface area contributed by atoms with Crippen LogP contribution in [0, 0.1) is 0 Å². The smallest absolute Gasteiger partial charge is 0.416 e. The van der Waals surface area contributed by atoms with Gasteiger partial charge in [0.2, 0.25) is 11.8 Å². The Kier molecular flexibility index (Phi) is 3.44. The molecular weight excluding hydrogens is 367 g/mol. The third-order valence-corrected chi connectivity index (χ3v) is 5.70. The molecule has 0 saturated carbocycles. The zero-order chi connectivity index (χ0) is 19.6. The molecule has 5 rings (SSSR count). The van der Waals surface area contributed by atoms with E-state index in [9.17, 15) is 23.4 Å². The van der Waals surface area contributed by atoms with Crippen molar-refractivity contribution in [1.82, 2.24) is 4.57 Å². The minimum atomic E-state index is -4.50. The molecule has 0 saturated heterocycles. The zero-order valence-electron chi connectivity index (χ0n) is 14.6. The van der Waals surface area contributed by atoms with E-state index < -0.39 is 11.7 Å². The number of aromatic nitrogens is 1. The highest BCUT2D eigenvalue weighted by Gasteiger charge is 2.45. The molecule has 2 aromatic carbocycles. The summed E-state index contributed by atoms with van der Waals surface area (Å²) in [4.78, 5) is 0. The summed E-state index contributed by atoms with van der Waals surface area (Å²) < 4.78 is 40.3. The third-order valence-electron chi connectivity index (χ3n) is 5.70. The van der Waals surface area contributed by atoms with Crippen LogP contribution >= 0.6 is 0 Å². The third kappa shape index (κ3) is 2.30. The minimum Gasteiger partial charge on any atom is -0.494 e. The van der Waals surface area contributed by atoms with E-state index in [-0.39, 0.29) is 29.3 Å². The van der Waals surface area contributed by atoms with E-state index in [1.54, 1.807) is 0 Å². The van der Waals surface area contributed by atoms with Gasteiger partial charge in [0.15, 0.2) is 0 Å². The summed E-state index contributed by atoms with van der Waals surface area (Å²) in [5, 5.41) is 21.6. The van der Waals surface area contributed by atoms with Crippen LogP contribution in [0.15, 0.2) is 60.7 Å². The van der Waals surface area contributed by atoms with Crippen molar-refractivity contribution in [2.45, 2.75) is 24.4 Å². The van der Waals surface area contributed by atoms with Gasteiger partial charge in [-0.2, -0.15) is 13.2 Å². The lowest BCUT2D eigenvalue weighted by Gasteiger charge is -2.15. The fraction of sp³-hybridized carbons (Fsp3) is 0.182. The number of hydrogen-bond donors (Lipinski definition) is 2. The maximum Gasteiger partial charge on any atom is 0.416 e. The second kappa shape index (κ2) is 5.67. The first-order valence-electron chi connectivity index (χ1n) is 8.97. The van der Waals surface area contributed by atoms with Crippen molar-refractivity contribution in [3.63, 3.8) is 0 Å². The number of benzene rings is 2. The van der Waals surface area contributed by atoms with Crippen molar-refractivity contribution in [2.75, 3.05) is 0 Å². The van der Waals surface area contributed by atoms with Gasteiger partial charge in [0.1, 0.15) is 0 Å². The number of allylic oxidation sites excluding steroid dienone is 2. The molecule has 1 heterocycles. The molecule has 0 spiro atoms. The molecule has 3 aromatic rings. The fourth-order valence-electron chi connectivity index (χ4n) is 4.54. The average molecular weight is 383 g/mol. The number of aromatic hydroxyl groups is 2. The molecule has 1 aromatic heterocycles. The number of alkyl halides is 3. The van der Waals surface area contributed by atoms with Gasteiger partial charge in [-0.1, -0.05) is 42.5 Å². The number of nitrogens with zero attached hydrogens (tertiary/aromatic N) is 1. The normalized spacial score (nSPS) is 20.3. The summed E-state index contributed by atoms with van der Waals surface area (Å²) in [6, 6.07) is 14.4. The van der Waals surface area contributed by atoms with E-state index in [1.165, 1.54) is 12.1 Å². The summed E-state index contributed by atoms with van der Waals surface area (Å²) in [5.74, 6) is -0.531. The van der Waals surface area contributed by atoms with Crippen molar-refractivity contribution >= 4 is 5.57 Å². The van der Waals surface area contributed by atoms with Crippen molar-refractivity contribution in [3.8, 4) is 17.4 Å². The van der Waals surface area contributed by atoms with Gasteiger partial charge >= 0.3 is 6.18 Å². The Bertz CT molecular complexity index is 1110. The molecular formula is C22H16F3NO2. The first-order valence-corrected chi connectivity index (χ1v) is 8.97. The fourth-order valence-corrected chi connectivity index (χ4v) is 4.54. The molecule has 2 aliphatic carbocycles. The van der Waals surface area contributed by atoms with Crippen LogP contribution in [0.1, 0.15) is 40.5 Å². The summed E-state index contributed by atoms with van der Waals surface area (Å²) in [6.07, 6.45) is -1.67. The standard InChI is InChI=1S/C22H16F3NO2/c23-22(24,25)14-7-4-8-15(11-14)26-20(27)18-13-9-16(12-5-2-1-3-6-12)17(10-13)19(18)21(26)28/h1-9,11,13,17,27-28H,10H2/t13-,17-/m1/s1. The maximum atomic E-state index is 13.1. The molecule has 2 bridgehead atoms. The zero-order valence-corrected chi connectivity index (χ0v) is 14.6. The molecule has 3 nitrogen and oxygen atoms in total. The van der Waals surface area contributed by atoms with Crippen molar-refractivity contribution in [3.05, 3.63) is 82.9 Å². The average Bonchev–Trinajstić information content (AvgIpc) is 3.33. The van der Waals surface area contributed by atoms with E-state index in [1.807, 2.05) is 30.3 Å². The van der Waals surface area contributed by atoms with Crippen LogP contribution in [0.3, 0.4) is 0 Å². The van der Waals surface area contributed by atoms with Crippen molar-refractivity contribution < 1.29 is 23.4 Å². The Balaban J connectivity index is 1.62. The van der Waals surface area contributed by atoms with E-state index in [0.29, 0.717) is 11.1 Å². The highest BCUT2D eigenvalue weighted by atomic mass is 19.4. The quantitative estimate of drug-likeness (QED) is 0.607. The summed E-state index contributed by atoms with van der Waals surface area (Å²) in [7, 11) is 0. The lowest BCUT2D eigenvalue weighted by Crippen LogP contribution is -2.06. The number of halogens is 3. The maximum absolute atomic E-state index is 13.1. The van der Waals surface area contributed by atoms with E-state index in [4.69, 9.17) is 0 Å². The minimum absolute atomic E-state index is 0.0619. The second-order valence-electron chi connectivity index (χ2n) is 7.24. The van der Waals surface area contributed by atoms with Gasteiger partial charge in [-0.05, 0) is 35.8 Å².